The Kier molecular flexibility index (Phi) is 4.96. The number of rotatable bonds is 7. The fourth-order valence-electron chi connectivity index (χ4n) is 2.26. The van der Waals surface area contributed by atoms with E-state index in [0.717, 1.165) is 22.6 Å². The Morgan fingerprint density at radius 3 is 2.75 bits per heavy atom. The minimum Gasteiger partial charge on any atom is -0.497 e. The van der Waals surface area contributed by atoms with E-state index in [9.17, 15) is 0 Å². The Morgan fingerprint density at radius 2 is 1.92 bits per heavy atom. The minimum atomic E-state index is 0.370. The molecule has 6 nitrogen and oxygen atoms in total. The largest absolute Gasteiger partial charge is 0.497 e. The second kappa shape index (κ2) is 7.50. The molecule has 0 saturated carbocycles. The van der Waals surface area contributed by atoms with Crippen LogP contribution in [0.15, 0.2) is 53.1 Å². The third-order valence-corrected chi connectivity index (χ3v) is 3.41. The number of nitrogens with zero attached hydrogens (tertiary/aromatic N) is 2. The normalized spacial score (nSPS) is 10.4. The van der Waals surface area contributed by atoms with Crippen LogP contribution in [0.1, 0.15) is 12.5 Å². The van der Waals surface area contributed by atoms with Crippen molar-refractivity contribution in [1.82, 2.24) is 10.1 Å². The lowest BCUT2D eigenvalue weighted by molar-refractivity contribution is 0.340. The molecule has 0 atom stereocenters. The van der Waals surface area contributed by atoms with Crippen molar-refractivity contribution >= 4 is 6.01 Å². The molecule has 6 heteroatoms. The van der Waals surface area contributed by atoms with Crippen molar-refractivity contribution in [3.05, 3.63) is 54.1 Å². The van der Waals surface area contributed by atoms with Crippen molar-refractivity contribution in [2.24, 2.45) is 0 Å². The van der Waals surface area contributed by atoms with Crippen LogP contribution in [0.25, 0.3) is 11.4 Å². The molecule has 1 aromatic heterocycles. The van der Waals surface area contributed by atoms with Gasteiger partial charge in [0.05, 0.1) is 13.7 Å². The summed E-state index contributed by atoms with van der Waals surface area (Å²) >= 11 is 0. The lowest BCUT2D eigenvalue weighted by atomic mass is 10.2. The predicted molar refractivity (Wildman–Crippen MR) is 91.2 cm³/mol. The zero-order chi connectivity index (χ0) is 16.8. The fourth-order valence-corrected chi connectivity index (χ4v) is 2.26. The minimum absolute atomic E-state index is 0.370. The maximum absolute atomic E-state index is 5.49. The summed E-state index contributed by atoms with van der Waals surface area (Å²) < 4.78 is 15.9. The van der Waals surface area contributed by atoms with Crippen molar-refractivity contribution in [3.63, 3.8) is 0 Å². The van der Waals surface area contributed by atoms with Gasteiger partial charge < -0.3 is 19.3 Å². The molecule has 0 aliphatic rings. The number of hydrogen-bond acceptors (Lipinski definition) is 6. The Bertz CT molecular complexity index is 801. The summed E-state index contributed by atoms with van der Waals surface area (Å²) in [5.41, 5.74) is 1.91. The molecule has 0 spiro atoms. The van der Waals surface area contributed by atoms with E-state index in [4.69, 9.17) is 14.0 Å². The number of ether oxygens (including phenoxy) is 2. The topological polar surface area (TPSA) is 69.4 Å². The van der Waals surface area contributed by atoms with Gasteiger partial charge in [0.1, 0.15) is 11.5 Å². The zero-order valence-electron chi connectivity index (χ0n) is 13.7. The molecule has 0 bridgehead atoms. The van der Waals surface area contributed by atoms with Gasteiger partial charge in [-0.25, -0.2) is 0 Å². The van der Waals surface area contributed by atoms with Gasteiger partial charge in [0.15, 0.2) is 0 Å². The number of hydrogen-bond donors (Lipinski definition) is 1. The molecule has 0 aliphatic carbocycles. The summed E-state index contributed by atoms with van der Waals surface area (Å²) in [6.07, 6.45) is 0. The standard InChI is InChI=1S/C18H19N3O3/c1-3-23-16-9-4-6-13(10-16)12-19-18-20-17(21-24-18)14-7-5-8-15(11-14)22-2/h4-11H,3,12H2,1-2H3,(H,19,20,21). The average Bonchev–Trinajstić information content (AvgIpc) is 3.10. The summed E-state index contributed by atoms with van der Waals surface area (Å²) in [6.45, 7) is 3.18. The highest BCUT2D eigenvalue weighted by Crippen LogP contribution is 2.22. The molecule has 0 aliphatic heterocycles. The monoisotopic (exact) mass is 325 g/mol. The average molecular weight is 325 g/mol. The van der Waals surface area contributed by atoms with Crippen LogP contribution in [-0.2, 0) is 6.54 Å². The first-order valence-corrected chi connectivity index (χ1v) is 7.72. The maximum Gasteiger partial charge on any atom is 0.322 e. The molecule has 3 rings (SSSR count). The molecule has 0 amide bonds. The Balaban J connectivity index is 1.67. The Hall–Kier alpha value is -3.02. The van der Waals surface area contributed by atoms with Crippen LogP contribution < -0.4 is 14.8 Å². The second-order valence-electron chi connectivity index (χ2n) is 5.09. The molecule has 0 unspecified atom stereocenters. The maximum atomic E-state index is 5.49. The van der Waals surface area contributed by atoms with Crippen LogP contribution in [0.2, 0.25) is 0 Å². The molecule has 124 valence electrons. The summed E-state index contributed by atoms with van der Waals surface area (Å²) in [5.74, 6) is 2.11. The lowest BCUT2D eigenvalue weighted by Gasteiger charge is -2.06. The van der Waals surface area contributed by atoms with Crippen molar-refractivity contribution < 1.29 is 14.0 Å². The summed E-state index contributed by atoms with van der Waals surface area (Å²) in [6, 6.07) is 15.8. The van der Waals surface area contributed by atoms with Crippen LogP contribution in [0.5, 0.6) is 11.5 Å². The molecule has 1 heterocycles. The third-order valence-electron chi connectivity index (χ3n) is 3.41. The first-order valence-electron chi connectivity index (χ1n) is 7.72. The number of methoxy groups -OCH3 is 1. The highest BCUT2D eigenvalue weighted by Gasteiger charge is 2.09. The van der Waals surface area contributed by atoms with Gasteiger partial charge in [-0.15, -0.1) is 0 Å². The quantitative estimate of drug-likeness (QED) is 0.713. The van der Waals surface area contributed by atoms with E-state index in [2.05, 4.69) is 15.5 Å². The first-order chi connectivity index (χ1) is 11.8. The van der Waals surface area contributed by atoms with Crippen LogP contribution in [0.3, 0.4) is 0 Å². The molecule has 0 radical (unpaired) electrons. The van der Waals surface area contributed by atoms with Gasteiger partial charge in [0.2, 0.25) is 5.82 Å². The van der Waals surface area contributed by atoms with Crippen LogP contribution in [0.4, 0.5) is 6.01 Å². The van der Waals surface area contributed by atoms with Crippen molar-refractivity contribution in [2.75, 3.05) is 19.0 Å². The molecule has 0 fully saturated rings. The Morgan fingerprint density at radius 1 is 1.08 bits per heavy atom. The number of benzene rings is 2. The van der Waals surface area contributed by atoms with E-state index in [0.29, 0.717) is 25.0 Å². The molecule has 24 heavy (non-hydrogen) atoms. The second-order valence-corrected chi connectivity index (χ2v) is 5.09. The molecule has 0 saturated heterocycles. The van der Waals surface area contributed by atoms with Gasteiger partial charge in [0.25, 0.3) is 0 Å². The summed E-state index contributed by atoms with van der Waals surface area (Å²) in [4.78, 5) is 4.35. The fraction of sp³-hybridized carbons (Fsp3) is 0.222. The van der Waals surface area contributed by atoms with Crippen molar-refractivity contribution in [3.8, 4) is 22.9 Å². The van der Waals surface area contributed by atoms with E-state index in [-0.39, 0.29) is 0 Å². The zero-order valence-corrected chi connectivity index (χ0v) is 13.7. The smallest absolute Gasteiger partial charge is 0.322 e. The van der Waals surface area contributed by atoms with Crippen molar-refractivity contribution in [2.45, 2.75) is 13.5 Å². The summed E-state index contributed by atoms with van der Waals surface area (Å²) in [7, 11) is 1.62. The lowest BCUT2D eigenvalue weighted by Crippen LogP contribution is -2.00. The number of anilines is 1. The highest BCUT2D eigenvalue weighted by atomic mass is 16.5. The van der Waals surface area contributed by atoms with Gasteiger partial charge in [-0.1, -0.05) is 29.4 Å². The van der Waals surface area contributed by atoms with Gasteiger partial charge >= 0.3 is 6.01 Å². The van der Waals surface area contributed by atoms with Gasteiger partial charge in [-0.05, 0) is 36.8 Å². The van der Waals surface area contributed by atoms with E-state index in [1.54, 1.807) is 7.11 Å². The SMILES string of the molecule is CCOc1cccc(CNc2nc(-c3cccc(OC)c3)no2)c1. The number of nitrogens with one attached hydrogen (secondary N) is 1. The third kappa shape index (κ3) is 3.84. The molecular formula is C18H19N3O3. The molecule has 2 aromatic carbocycles. The Labute approximate surface area is 140 Å². The molecule has 3 aromatic rings. The van der Waals surface area contributed by atoms with E-state index < -0.39 is 0 Å². The van der Waals surface area contributed by atoms with Gasteiger partial charge in [0, 0.05) is 12.1 Å². The van der Waals surface area contributed by atoms with Crippen LogP contribution in [0, 0.1) is 0 Å². The van der Waals surface area contributed by atoms with Crippen LogP contribution >= 0.6 is 0 Å². The van der Waals surface area contributed by atoms with E-state index in [1.807, 2.05) is 55.5 Å². The highest BCUT2D eigenvalue weighted by molar-refractivity contribution is 5.57. The first kappa shape index (κ1) is 15.9. The summed E-state index contributed by atoms with van der Waals surface area (Å²) in [5, 5.41) is 7.11. The molecule has 1 N–H and O–H groups in total. The number of aromatic nitrogens is 2. The van der Waals surface area contributed by atoms with Gasteiger partial charge in [-0.3, -0.25) is 0 Å². The predicted octanol–water partition coefficient (Wildman–Crippen LogP) is 3.76. The van der Waals surface area contributed by atoms with Gasteiger partial charge in [-0.2, -0.15) is 4.98 Å². The van der Waals surface area contributed by atoms with Crippen LogP contribution in [-0.4, -0.2) is 23.9 Å². The van der Waals surface area contributed by atoms with Crippen molar-refractivity contribution in [1.29, 1.82) is 0 Å². The van der Waals surface area contributed by atoms with E-state index in [1.165, 1.54) is 0 Å². The molecular weight excluding hydrogens is 306 g/mol. The van der Waals surface area contributed by atoms with E-state index >= 15 is 0 Å².